The van der Waals surface area contributed by atoms with Crippen LogP contribution in [0.25, 0.3) is 0 Å². The van der Waals surface area contributed by atoms with Crippen molar-refractivity contribution in [2.75, 3.05) is 20.2 Å². The van der Waals surface area contributed by atoms with Crippen LogP contribution in [0.1, 0.15) is 18.4 Å². The molecule has 0 spiro atoms. The molecule has 88 valence electrons. The number of nitrogens with zero attached hydrogens (tertiary/aromatic N) is 2. The van der Waals surface area contributed by atoms with Gasteiger partial charge in [0.1, 0.15) is 6.61 Å². The Labute approximate surface area is 96.4 Å². The average Bonchev–Trinajstić information content (AvgIpc) is 2.72. The van der Waals surface area contributed by atoms with E-state index in [1.54, 1.807) is 6.20 Å². The molecule has 1 aliphatic rings. The van der Waals surface area contributed by atoms with Gasteiger partial charge in [-0.25, -0.2) is 4.98 Å². The van der Waals surface area contributed by atoms with Gasteiger partial charge in [0, 0.05) is 24.8 Å². The largest absolute Gasteiger partial charge is 0.476 e. The van der Waals surface area contributed by atoms with Crippen molar-refractivity contribution in [1.29, 1.82) is 0 Å². The van der Waals surface area contributed by atoms with Crippen LogP contribution in [0.4, 0.5) is 0 Å². The summed E-state index contributed by atoms with van der Waals surface area (Å²) in [6.45, 7) is 2.42. The average molecular weight is 221 g/mol. The predicted octanol–water partition coefficient (Wildman–Crippen LogP) is 1.01. The van der Waals surface area contributed by atoms with Gasteiger partial charge in [-0.1, -0.05) is 0 Å². The van der Waals surface area contributed by atoms with E-state index in [2.05, 4.69) is 16.9 Å². The third-order valence-corrected chi connectivity index (χ3v) is 3.13. The number of hydrogen-bond acceptors (Lipinski definition) is 4. The second-order valence-corrected chi connectivity index (χ2v) is 4.29. The predicted molar refractivity (Wildman–Crippen MR) is 63.3 cm³/mol. The lowest BCUT2D eigenvalue weighted by Gasteiger charge is -2.19. The van der Waals surface area contributed by atoms with Crippen molar-refractivity contribution < 1.29 is 4.74 Å². The van der Waals surface area contributed by atoms with Crippen LogP contribution in [0, 0.1) is 0 Å². The van der Waals surface area contributed by atoms with Crippen LogP contribution in [0.5, 0.6) is 5.88 Å². The number of likely N-dealkylation sites (N-methyl/N-ethyl adjacent to an activating group) is 1. The van der Waals surface area contributed by atoms with Crippen molar-refractivity contribution in [3.05, 3.63) is 23.9 Å². The molecule has 1 aromatic heterocycles. The molecule has 1 fully saturated rings. The maximum atomic E-state index is 5.69. The molecule has 0 amide bonds. The second kappa shape index (κ2) is 5.27. The molecular weight excluding hydrogens is 202 g/mol. The van der Waals surface area contributed by atoms with Crippen LogP contribution >= 0.6 is 0 Å². The lowest BCUT2D eigenvalue weighted by Crippen LogP contribution is -2.30. The summed E-state index contributed by atoms with van der Waals surface area (Å²) in [4.78, 5) is 6.52. The van der Waals surface area contributed by atoms with Gasteiger partial charge in [0.25, 0.3) is 0 Å². The highest BCUT2D eigenvalue weighted by atomic mass is 16.5. The second-order valence-electron chi connectivity index (χ2n) is 4.29. The molecule has 2 heterocycles. The normalized spacial score (nSPS) is 21.2. The summed E-state index contributed by atoms with van der Waals surface area (Å²) in [7, 11) is 2.14. The Morgan fingerprint density at radius 2 is 2.50 bits per heavy atom. The molecule has 1 aromatic rings. The van der Waals surface area contributed by atoms with Crippen LogP contribution in [-0.2, 0) is 6.54 Å². The van der Waals surface area contributed by atoms with Crippen LogP contribution in [-0.4, -0.2) is 36.1 Å². The molecule has 0 radical (unpaired) electrons. The van der Waals surface area contributed by atoms with E-state index in [0.717, 1.165) is 12.2 Å². The van der Waals surface area contributed by atoms with Crippen LogP contribution in [0.3, 0.4) is 0 Å². The van der Waals surface area contributed by atoms with Crippen LogP contribution in [0.2, 0.25) is 0 Å². The Hall–Kier alpha value is -1.13. The van der Waals surface area contributed by atoms with Gasteiger partial charge in [0.2, 0.25) is 5.88 Å². The summed E-state index contributed by atoms with van der Waals surface area (Å²) < 4.78 is 5.69. The van der Waals surface area contributed by atoms with E-state index in [-0.39, 0.29) is 0 Å². The van der Waals surface area contributed by atoms with Gasteiger partial charge < -0.3 is 15.4 Å². The molecule has 0 unspecified atom stereocenters. The van der Waals surface area contributed by atoms with E-state index in [1.807, 2.05) is 12.1 Å². The van der Waals surface area contributed by atoms with E-state index < -0.39 is 0 Å². The van der Waals surface area contributed by atoms with Gasteiger partial charge in [-0.05, 0) is 38.1 Å². The highest BCUT2D eigenvalue weighted by molar-refractivity contribution is 5.20. The van der Waals surface area contributed by atoms with Gasteiger partial charge in [-0.15, -0.1) is 0 Å². The quantitative estimate of drug-likeness (QED) is 0.824. The Bertz CT molecular complexity index is 343. The molecule has 4 nitrogen and oxygen atoms in total. The number of rotatable bonds is 4. The molecule has 2 rings (SSSR count). The first-order valence-corrected chi connectivity index (χ1v) is 5.77. The lowest BCUT2D eigenvalue weighted by molar-refractivity contribution is 0.193. The number of aromatic nitrogens is 1. The molecule has 0 bridgehead atoms. The molecule has 4 heteroatoms. The Morgan fingerprint density at radius 1 is 1.62 bits per heavy atom. The van der Waals surface area contributed by atoms with E-state index in [0.29, 0.717) is 18.5 Å². The molecule has 0 aromatic carbocycles. The molecular formula is C12H19N3O. The first kappa shape index (κ1) is 11.4. The van der Waals surface area contributed by atoms with Crippen molar-refractivity contribution in [2.45, 2.75) is 25.4 Å². The molecule has 0 saturated carbocycles. The van der Waals surface area contributed by atoms with Crippen molar-refractivity contribution >= 4 is 0 Å². The monoisotopic (exact) mass is 221 g/mol. The topological polar surface area (TPSA) is 51.4 Å². The third kappa shape index (κ3) is 2.71. The van der Waals surface area contributed by atoms with Crippen molar-refractivity contribution in [1.82, 2.24) is 9.88 Å². The number of pyridine rings is 1. The first-order valence-electron chi connectivity index (χ1n) is 5.77. The smallest absolute Gasteiger partial charge is 0.213 e. The summed E-state index contributed by atoms with van der Waals surface area (Å²) in [5, 5.41) is 0. The number of likely N-dealkylation sites (tertiary alicyclic amines) is 1. The molecule has 16 heavy (non-hydrogen) atoms. The Balaban J connectivity index is 1.88. The molecule has 2 N–H and O–H groups in total. The minimum absolute atomic E-state index is 0.530. The van der Waals surface area contributed by atoms with Gasteiger partial charge >= 0.3 is 0 Å². The SMILES string of the molecule is CN1CCC[C@@H]1COc1cc(CN)ccn1. The highest BCUT2D eigenvalue weighted by Crippen LogP contribution is 2.16. The number of nitrogens with two attached hydrogens (primary N) is 1. The molecule has 0 aliphatic carbocycles. The van der Waals surface area contributed by atoms with E-state index in [1.165, 1.54) is 19.4 Å². The zero-order chi connectivity index (χ0) is 11.4. The van der Waals surface area contributed by atoms with Crippen LogP contribution in [0.15, 0.2) is 18.3 Å². The summed E-state index contributed by atoms with van der Waals surface area (Å²) in [5.41, 5.74) is 6.63. The molecule has 1 atom stereocenters. The van der Waals surface area contributed by atoms with Gasteiger partial charge in [-0.3, -0.25) is 0 Å². The van der Waals surface area contributed by atoms with Gasteiger partial charge in [-0.2, -0.15) is 0 Å². The molecule has 1 aliphatic heterocycles. The maximum Gasteiger partial charge on any atom is 0.213 e. The zero-order valence-electron chi connectivity index (χ0n) is 9.72. The number of hydrogen-bond donors (Lipinski definition) is 1. The van der Waals surface area contributed by atoms with Crippen molar-refractivity contribution in [3.8, 4) is 5.88 Å². The maximum absolute atomic E-state index is 5.69. The standard InChI is InChI=1S/C12H19N3O/c1-15-6-2-3-11(15)9-16-12-7-10(8-13)4-5-14-12/h4-5,7,11H,2-3,6,8-9,13H2,1H3/t11-/m1/s1. The Kier molecular flexibility index (Phi) is 3.74. The van der Waals surface area contributed by atoms with Gasteiger partial charge in [0.15, 0.2) is 0 Å². The Morgan fingerprint density at radius 3 is 3.19 bits per heavy atom. The fraction of sp³-hybridized carbons (Fsp3) is 0.583. The third-order valence-electron chi connectivity index (χ3n) is 3.13. The van der Waals surface area contributed by atoms with E-state index in [9.17, 15) is 0 Å². The summed E-state index contributed by atoms with van der Waals surface area (Å²) in [6.07, 6.45) is 4.23. The summed E-state index contributed by atoms with van der Waals surface area (Å²) in [6, 6.07) is 4.35. The summed E-state index contributed by atoms with van der Waals surface area (Å²) in [5.74, 6) is 0.684. The zero-order valence-corrected chi connectivity index (χ0v) is 9.72. The highest BCUT2D eigenvalue weighted by Gasteiger charge is 2.21. The van der Waals surface area contributed by atoms with Gasteiger partial charge in [0.05, 0.1) is 0 Å². The first-order chi connectivity index (χ1) is 7.79. The van der Waals surface area contributed by atoms with E-state index in [4.69, 9.17) is 10.5 Å². The summed E-state index contributed by atoms with van der Waals surface area (Å²) >= 11 is 0. The molecule has 1 saturated heterocycles. The van der Waals surface area contributed by atoms with E-state index >= 15 is 0 Å². The van der Waals surface area contributed by atoms with Crippen molar-refractivity contribution in [3.63, 3.8) is 0 Å². The minimum Gasteiger partial charge on any atom is -0.476 e. The number of ether oxygens (including phenoxy) is 1. The van der Waals surface area contributed by atoms with Crippen LogP contribution < -0.4 is 10.5 Å². The lowest BCUT2D eigenvalue weighted by atomic mass is 10.2. The minimum atomic E-state index is 0.530. The van der Waals surface area contributed by atoms with Crippen molar-refractivity contribution in [2.24, 2.45) is 5.73 Å². The fourth-order valence-electron chi connectivity index (χ4n) is 2.03. The fourth-order valence-corrected chi connectivity index (χ4v) is 2.03.